The molecule has 0 bridgehead atoms. The summed E-state index contributed by atoms with van der Waals surface area (Å²) in [6.45, 7) is 3.61. The quantitative estimate of drug-likeness (QED) is 0.720. The van der Waals surface area contributed by atoms with Crippen LogP contribution in [0.1, 0.15) is 37.5 Å². The molecule has 1 aliphatic carbocycles. The van der Waals surface area contributed by atoms with E-state index in [2.05, 4.69) is 15.9 Å². The number of fused-ring (bicyclic) bond motifs is 1. The molecule has 1 aromatic rings. The van der Waals surface area contributed by atoms with Gasteiger partial charge in [-0.2, -0.15) is 0 Å². The first-order chi connectivity index (χ1) is 6.84. The first-order valence-electron chi connectivity index (χ1n) is 4.70. The van der Waals surface area contributed by atoms with Crippen molar-refractivity contribution in [3.05, 3.63) is 33.3 Å². The van der Waals surface area contributed by atoms with Gasteiger partial charge in [0.1, 0.15) is 11.6 Å². The van der Waals surface area contributed by atoms with Gasteiger partial charge in [-0.25, -0.2) is 8.78 Å². The van der Waals surface area contributed by atoms with Gasteiger partial charge in [0.2, 0.25) is 0 Å². The fraction of sp³-hybridized carbons (Fsp3) is 0.455. The summed E-state index contributed by atoms with van der Waals surface area (Å²) in [6, 6.07) is 1.12. The molecule has 2 rings (SSSR count). The molecule has 0 heterocycles. The van der Waals surface area contributed by atoms with Crippen LogP contribution in [-0.4, -0.2) is 5.11 Å². The summed E-state index contributed by atoms with van der Waals surface area (Å²) in [5, 5.41) is 9.72. The van der Waals surface area contributed by atoms with E-state index < -0.39 is 23.2 Å². The second kappa shape index (κ2) is 3.25. The molecule has 0 saturated heterocycles. The summed E-state index contributed by atoms with van der Waals surface area (Å²) in [7, 11) is 0. The zero-order valence-electron chi connectivity index (χ0n) is 8.44. The Labute approximate surface area is 95.2 Å². The molecule has 0 aliphatic heterocycles. The van der Waals surface area contributed by atoms with Crippen LogP contribution in [-0.2, 0) is 5.41 Å². The van der Waals surface area contributed by atoms with Crippen molar-refractivity contribution in [2.75, 3.05) is 0 Å². The van der Waals surface area contributed by atoms with Gasteiger partial charge in [-0.1, -0.05) is 13.8 Å². The zero-order chi connectivity index (χ0) is 11.4. The van der Waals surface area contributed by atoms with Crippen molar-refractivity contribution in [2.24, 2.45) is 0 Å². The number of hydrogen-bond donors (Lipinski definition) is 1. The van der Waals surface area contributed by atoms with Crippen LogP contribution in [0.3, 0.4) is 0 Å². The number of benzene rings is 1. The highest BCUT2D eigenvalue weighted by atomic mass is 79.9. The number of aliphatic hydroxyl groups excluding tert-OH is 1. The van der Waals surface area contributed by atoms with E-state index in [9.17, 15) is 13.9 Å². The van der Waals surface area contributed by atoms with Crippen molar-refractivity contribution >= 4 is 15.9 Å². The average Bonchev–Trinajstić information content (AvgIpc) is 2.32. The minimum Gasteiger partial charge on any atom is -0.388 e. The lowest BCUT2D eigenvalue weighted by Crippen LogP contribution is -2.14. The minimum atomic E-state index is -0.915. The van der Waals surface area contributed by atoms with Gasteiger partial charge in [0.15, 0.2) is 0 Å². The standard InChI is InChI=1S/C11H11BrF2O/c1-11(2)4-7(15)8-9(11)6(13)3-5(12)10(8)14/h3,7,15H,4H2,1-2H3/t7-/m1/s1. The predicted octanol–water partition coefficient (Wildman–Crippen LogP) is 3.44. The SMILES string of the molecule is CC1(C)C[C@@H](O)c2c(F)c(Br)cc(F)c21. The second-order valence-corrected chi connectivity index (χ2v) is 5.40. The van der Waals surface area contributed by atoms with Crippen molar-refractivity contribution in [3.8, 4) is 0 Å². The van der Waals surface area contributed by atoms with E-state index >= 15 is 0 Å². The van der Waals surface area contributed by atoms with E-state index in [1.54, 1.807) is 13.8 Å². The first-order valence-corrected chi connectivity index (χ1v) is 5.50. The molecular formula is C11H11BrF2O. The van der Waals surface area contributed by atoms with E-state index in [4.69, 9.17) is 0 Å². The Bertz CT molecular complexity index is 429. The molecule has 1 aromatic carbocycles. The van der Waals surface area contributed by atoms with Crippen molar-refractivity contribution in [1.82, 2.24) is 0 Å². The van der Waals surface area contributed by atoms with Crippen molar-refractivity contribution in [1.29, 1.82) is 0 Å². The molecule has 1 atom stereocenters. The van der Waals surface area contributed by atoms with Crippen molar-refractivity contribution < 1.29 is 13.9 Å². The van der Waals surface area contributed by atoms with Crippen molar-refractivity contribution in [2.45, 2.75) is 31.8 Å². The Morgan fingerprint density at radius 2 is 2.07 bits per heavy atom. The van der Waals surface area contributed by atoms with Gasteiger partial charge in [0.25, 0.3) is 0 Å². The summed E-state index contributed by atoms with van der Waals surface area (Å²) < 4.78 is 27.5. The average molecular weight is 277 g/mol. The van der Waals surface area contributed by atoms with Crippen LogP contribution in [0.4, 0.5) is 8.78 Å². The van der Waals surface area contributed by atoms with E-state index in [1.807, 2.05) is 0 Å². The molecule has 0 unspecified atom stereocenters. The predicted molar refractivity (Wildman–Crippen MR) is 56.7 cm³/mol. The van der Waals surface area contributed by atoms with Gasteiger partial charge in [0, 0.05) is 11.1 Å². The molecule has 1 nitrogen and oxygen atoms in total. The van der Waals surface area contributed by atoms with Gasteiger partial charge in [-0.3, -0.25) is 0 Å². The van der Waals surface area contributed by atoms with Crippen LogP contribution in [0.15, 0.2) is 10.5 Å². The maximum absolute atomic E-state index is 13.7. The van der Waals surface area contributed by atoms with Crippen molar-refractivity contribution in [3.63, 3.8) is 0 Å². The topological polar surface area (TPSA) is 20.2 Å². The summed E-state index contributed by atoms with van der Waals surface area (Å²) in [4.78, 5) is 0. The lowest BCUT2D eigenvalue weighted by atomic mass is 9.86. The largest absolute Gasteiger partial charge is 0.388 e. The Morgan fingerprint density at radius 1 is 1.47 bits per heavy atom. The van der Waals surface area contributed by atoms with E-state index in [1.165, 1.54) is 0 Å². The molecule has 0 fully saturated rings. The van der Waals surface area contributed by atoms with Gasteiger partial charge in [-0.15, -0.1) is 0 Å². The lowest BCUT2D eigenvalue weighted by Gasteiger charge is -2.19. The summed E-state index contributed by atoms with van der Waals surface area (Å²) in [6.07, 6.45) is -0.561. The molecule has 0 radical (unpaired) electrons. The molecule has 0 saturated carbocycles. The van der Waals surface area contributed by atoms with Gasteiger partial charge < -0.3 is 5.11 Å². The molecular weight excluding hydrogens is 266 g/mol. The number of rotatable bonds is 0. The summed E-state index contributed by atoms with van der Waals surface area (Å²) >= 11 is 2.94. The molecule has 82 valence electrons. The molecule has 0 amide bonds. The zero-order valence-corrected chi connectivity index (χ0v) is 10.0. The highest BCUT2D eigenvalue weighted by Gasteiger charge is 2.41. The molecule has 15 heavy (non-hydrogen) atoms. The maximum Gasteiger partial charge on any atom is 0.143 e. The molecule has 0 spiro atoms. The third kappa shape index (κ3) is 1.51. The van der Waals surface area contributed by atoms with Crippen LogP contribution in [0, 0.1) is 11.6 Å². The smallest absolute Gasteiger partial charge is 0.143 e. The Kier molecular flexibility index (Phi) is 2.39. The second-order valence-electron chi connectivity index (χ2n) is 4.55. The van der Waals surface area contributed by atoms with Crippen LogP contribution < -0.4 is 0 Å². The van der Waals surface area contributed by atoms with E-state index in [0.29, 0.717) is 12.0 Å². The first kappa shape index (κ1) is 11.0. The number of halogens is 3. The highest BCUT2D eigenvalue weighted by molar-refractivity contribution is 9.10. The Hall–Kier alpha value is -0.480. The lowest BCUT2D eigenvalue weighted by molar-refractivity contribution is 0.158. The highest BCUT2D eigenvalue weighted by Crippen LogP contribution is 2.48. The van der Waals surface area contributed by atoms with Gasteiger partial charge in [-0.05, 0) is 33.8 Å². The molecule has 4 heteroatoms. The fourth-order valence-electron chi connectivity index (χ4n) is 2.30. The fourth-order valence-corrected chi connectivity index (χ4v) is 2.72. The van der Waals surface area contributed by atoms with Crippen LogP contribution >= 0.6 is 15.9 Å². The Morgan fingerprint density at radius 3 is 2.67 bits per heavy atom. The third-order valence-corrected chi connectivity index (χ3v) is 3.50. The molecule has 1 N–H and O–H groups in total. The minimum absolute atomic E-state index is 0.0653. The molecule has 1 aliphatic rings. The van der Waals surface area contributed by atoms with Gasteiger partial charge in [0.05, 0.1) is 10.6 Å². The van der Waals surface area contributed by atoms with Crippen LogP contribution in [0.2, 0.25) is 0 Å². The Balaban J connectivity index is 2.78. The van der Waals surface area contributed by atoms with Gasteiger partial charge >= 0.3 is 0 Å². The number of aliphatic hydroxyl groups is 1. The summed E-state index contributed by atoms with van der Waals surface area (Å²) in [5.74, 6) is -1.01. The van der Waals surface area contributed by atoms with Crippen LogP contribution in [0.25, 0.3) is 0 Å². The molecule has 0 aromatic heterocycles. The van der Waals surface area contributed by atoms with Crippen LogP contribution in [0.5, 0.6) is 0 Å². The number of hydrogen-bond acceptors (Lipinski definition) is 1. The van der Waals surface area contributed by atoms with E-state index in [-0.39, 0.29) is 10.0 Å². The third-order valence-electron chi connectivity index (χ3n) is 2.92. The maximum atomic E-state index is 13.7. The summed E-state index contributed by atoms with van der Waals surface area (Å²) in [5.41, 5.74) is -0.108. The van der Waals surface area contributed by atoms with E-state index in [0.717, 1.165) is 6.07 Å². The monoisotopic (exact) mass is 276 g/mol. The normalized spacial score (nSPS) is 22.9.